The number of rotatable bonds is 4. The first-order valence-electron chi connectivity index (χ1n) is 8.57. The average Bonchev–Trinajstić information content (AvgIpc) is 3.33. The van der Waals surface area contributed by atoms with Crippen LogP contribution in [0, 0.1) is 6.92 Å². The molecular weight excluding hydrogens is 376 g/mol. The highest BCUT2D eigenvalue weighted by Crippen LogP contribution is 2.44. The molecule has 0 bridgehead atoms. The molecule has 0 spiro atoms. The number of thioether (sulfide) groups is 1. The predicted octanol–water partition coefficient (Wildman–Crippen LogP) is 5.09. The summed E-state index contributed by atoms with van der Waals surface area (Å²) < 4.78 is 0. The molecule has 0 saturated carbocycles. The molecule has 2 amide bonds. The zero-order valence-corrected chi connectivity index (χ0v) is 16.3. The third kappa shape index (κ3) is 3.63. The van der Waals surface area contributed by atoms with Crippen molar-refractivity contribution in [2.45, 2.75) is 12.3 Å². The largest absolute Gasteiger partial charge is 0.321 e. The van der Waals surface area contributed by atoms with E-state index in [2.05, 4.69) is 5.32 Å². The molecule has 0 radical (unpaired) electrons. The number of nitrogens with zero attached hydrogens (tertiary/aromatic N) is 1. The molecule has 1 aliphatic rings. The number of nitrogens with one attached hydrogen (secondary N) is 1. The van der Waals surface area contributed by atoms with Gasteiger partial charge in [-0.25, -0.2) is 0 Å². The second-order valence-corrected chi connectivity index (χ2v) is 8.30. The van der Waals surface area contributed by atoms with Crippen molar-refractivity contribution < 1.29 is 9.59 Å². The van der Waals surface area contributed by atoms with Crippen molar-refractivity contribution in [3.05, 3.63) is 82.0 Å². The lowest BCUT2D eigenvalue weighted by Gasteiger charge is -2.26. The van der Waals surface area contributed by atoms with Gasteiger partial charge < -0.3 is 5.32 Å². The van der Waals surface area contributed by atoms with Gasteiger partial charge in [0.15, 0.2) is 0 Å². The van der Waals surface area contributed by atoms with Crippen LogP contribution in [0.1, 0.15) is 26.2 Å². The fraction of sp³-hybridized carbons (Fsp3) is 0.143. The van der Waals surface area contributed by atoms with Crippen LogP contribution in [0.15, 0.2) is 66.0 Å². The SMILES string of the molecule is Cc1ccc(N2C(=O)CSC2c2ccccc2NC(=O)c2cccs2)cc1. The second kappa shape index (κ2) is 7.58. The molecule has 6 heteroatoms. The maximum absolute atomic E-state index is 12.6. The fourth-order valence-corrected chi connectivity index (χ4v) is 4.89. The Morgan fingerprint density at radius 2 is 1.85 bits per heavy atom. The summed E-state index contributed by atoms with van der Waals surface area (Å²) in [4.78, 5) is 27.6. The molecule has 1 atom stereocenters. The Bertz CT molecular complexity index is 968. The van der Waals surface area contributed by atoms with Gasteiger partial charge in [0.1, 0.15) is 5.37 Å². The summed E-state index contributed by atoms with van der Waals surface area (Å²) in [6.45, 7) is 2.03. The predicted molar refractivity (Wildman–Crippen MR) is 113 cm³/mol. The molecule has 1 fully saturated rings. The van der Waals surface area contributed by atoms with Gasteiger partial charge in [0.05, 0.1) is 10.6 Å². The van der Waals surface area contributed by atoms with Crippen LogP contribution < -0.4 is 10.2 Å². The summed E-state index contributed by atoms with van der Waals surface area (Å²) in [6.07, 6.45) is 0. The number of para-hydroxylation sites is 1. The van der Waals surface area contributed by atoms with Crippen LogP contribution in [0.2, 0.25) is 0 Å². The minimum absolute atomic E-state index is 0.0771. The van der Waals surface area contributed by atoms with Crippen LogP contribution in [0.4, 0.5) is 11.4 Å². The van der Waals surface area contributed by atoms with E-state index in [1.54, 1.807) is 17.8 Å². The number of benzene rings is 2. The number of hydrogen-bond acceptors (Lipinski definition) is 4. The van der Waals surface area contributed by atoms with Crippen molar-refractivity contribution in [2.24, 2.45) is 0 Å². The van der Waals surface area contributed by atoms with Crippen LogP contribution in [0.25, 0.3) is 0 Å². The smallest absolute Gasteiger partial charge is 0.265 e. The normalized spacial score (nSPS) is 16.6. The third-order valence-electron chi connectivity index (χ3n) is 4.40. The van der Waals surface area contributed by atoms with Gasteiger partial charge in [-0.05, 0) is 36.6 Å². The topological polar surface area (TPSA) is 49.4 Å². The molecule has 136 valence electrons. The molecule has 1 N–H and O–H groups in total. The van der Waals surface area contributed by atoms with Crippen LogP contribution in [0.5, 0.6) is 0 Å². The molecule has 1 saturated heterocycles. The van der Waals surface area contributed by atoms with Gasteiger partial charge in [0, 0.05) is 16.9 Å². The highest BCUT2D eigenvalue weighted by molar-refractivity contribution is 8.00. The van der Waals surface area contributed by atoms with E-state index in [-0.39, 0.29) is 17.2 Å². The van der Waals surface area contributed by atoms with Gasteiger partial charge in [-0.2, -0.15) is 0 Å². The summed E-state index contributed by atoms with van der Waals surface area (Å²) >= 11 is 2.98. The molecule has 4 rings (SSSR count). The quantitative estimate of drug-likeness (QED) is 0.671. The third-order valence-corrected chi connectivity index (χ3v) is 6.46. The molecule has 1 aliphatic heterocycles. The Morgan fingerprint density at radius 1 is 1.07 bits per heavy atom. The Morgan fingerprint density at radius 3 is 2.59 bits per heavy atom. The number of carbonyl (C=O) groups excluding carboxylic acids is 2. The molecule has 3 aromatic rings. The summed E-state index contributed by atoms with van der Waals surface area (Å²) in [6, 6.07) is 19.3. The zero-order chi connectivity index (χ0) is 18.8. The molecule has 0 aliphatic carbocycles. The molecule has 1 unspecified atom stereocenters. The van der Waals surface area contributed by atoms with Gasteiger partial charge in [-0.1, -0.05) is 42.0 Å². The molecule has 2 aromatic carbocycles. The molecular formula is C21H18N2O2S2. The van der Waals surface area contributed by atoms with Crippen molar-refractivity contribution in [1.82, 2.24) is 0 Å². The maximum atomic E-state index is 12.6. The summed E-state index contributed by atoms with van der Waals surface area (Å²) in [5, 5.41) is 4.72. The minimum atomic E-state index is -0.167. The molecule has 27 heavy (non-hydrogen) atoms. The highest BCUT2D eigenvalue weighted by atomic mass is 32.2. The van der Waals surface area contributed by atoms with E-state index >= 15 is 0 Å². The van der Waals surface area contributed by atoms with Gasteiger partial charge in [-0.15, -0.1) is 23.1 Å². The first-order valence-corrected chi connectivity index (χ1v) is 10.5. The molecule has 4 nitrogen and oxygen atoms in total. The maximum Gasteiger partial charge on any atom is 0.265 e. The Kier molecular flexibility index (Phi) is 5.01. The van der Waals surface area contributed by atoms with Crippen molar-refractivity contribution in [3.8, 4) is 0 Å². The second-order valence-electron chi connectivity index (χ2n) is 6.28. The summed E-state index contributed by atoms with van der Waals surface area (Å²) in [5.41, 5.74) is 3.69. The van der Waals surface area contributed by atoms with Crippen LogP contribution in [0.3, 0.4) is 0 Å². The number of thiophene rings is 1. The monoisotopic (exact) mass is 394 g/mol. The van der Waals surface area contributed by atoms with Crippen LogP contribution in [-0.2, 0) is 4.79 Å². The van der Waals surface area contributed by atoms with Gasteiger partial charge in [0.2, 0.25) is 5.91 Å². The van der Waals surface area contributed by atoms with Crippen LogP contribution >= 0.6 is 23.1 Å². The fourth-order valence-electron chi connectivity index (χ4n) is 3.06. The number of anilines is 2. The summed E-state index contributed by atoms with van der Waals surface area (Å²) in [7, 11) is 0. The van der Waals surface area contributed by atoms with E-state index in [1.165, 1.54) is 11.3 Å². The molecule has 1 aromatic heterocycles. The average molecular weight is 395 g/mol. The number of aryl methyl sites for hydroxylation is 1. The lowest BCUT2D eigenvalue weighted by Crippen LogP contribution is -2.28. The zero-order valence-electron chi connectivity index (χ0n) is 14.7. The van der Waals surface area contributed by atoms with Gasteiger partial charge >= 0.3 is 0 Å². The highest BCUT2D eigenvalue weighted by Gasteiger charge is 2.35. The van der Waals surface area contributed by atoms with E-state index in [9.17, 15) is 9.59 Å². The van der Waals surface area contributed by atoms with E-state index in [0.29, 0.717) is 10.6 Å². The number of carbonyl (C=O) groups is 2. The Hall–Kier alpha value is -2.57. The lowest BCUT2D eigenvalue weighted by atomic mass is 10.1. The first kappa shape index (κ1) is 17.8. The number of amides is 2. The van der Waals surface area contributed by atoms with Gasteiger partial charge in [-0.3, -0.25) is 14.5 Å². The minimum Gasteiger partial charge on any atom is -0.321 e. The Labute approximate surface area is 166 Å². The van der Waals surface area contributed by atoms with E-state index in [0.717, 1.165) is 22.5 Å². The van der Waals surface area contributed by atoms with Gasteiger partial charge in [0.25, 0.3) is 5.91 Å². The number of hydrogen-bond donors (Lipinski definition) is 1. The summed E-state index contributed by atoms with van der Waals surface area (Å²) in [5.74, 6) is 0.369. The molecule has 2 heterocycles. The van der Waals surface area contributed by atoms with E-state index in [4.69, 9.17) is 0 Å². The Balaban J connectivity index is 1.67. The van der Waals surface area contributed by atoms with Crippen molar-refractivity contribution >= 4 is 46.3 Å². The van der Waals surface area contributed by atoms with Crippen molar-refractivity contribution in [1.29, 1.82) is 0 Å². The van der Waals surface area contributed by atoms with E-state index in [1.807, 2.05) is 71.8 Å². The lowest BCUT2D eigenvalue weighted by molar-refractivity contribution is -0.115. The van der Waals surface area contributed by atoms with E-state index < -0.39 is 0 Å². The van der Waals surface area contributed by atoms with Crippen molar-refractivity contribution in [2.75, 3.05) is 16.0 Å². The van der Waals surface area contributed by atoms with Crippen molar-refractivity contribution in [3.63, 3.8) is 0 Å². The standard InChI is InChI=1S/C21H18N2O2S2/c1-14-8-10-15(11-9-14)23-19(24)13-27-21(23)16-5-2-3-6-17(16)22-20(25)18-7-4-12-26-18/h2-12,21H,13H2,1H3,(H,22,25). The first-order chi connectivity index (χ1) is 13.1. The van der Waals surface area contributed by atoms with Crippen LogP contribution in [-0.4, -0.2) is 17.6 Å².